The number of hydrogen-bond donors (Lipinski definition) is 1. The van der Waals surface area contributed by atoms with Crippen LogP contribution in [-0.2, 0) is 0 Å². The fourth-order valence-electron chi connectivity index (χ4n) is 1.94. The SMILES string of the molecule is N=C(c1ccccc1Cl)N1CCCCC1. The van der Waals surface area contributed by atoms with Crippen LogP contribution in [0.3, 0.4) is 0 Å². The molecule has 1 aromatic carbocycles. The first-order valence-electron chi connectivity index (χ1n) is 5.37. The second-order valence-corrected chi connectivity index (χ2v) is 4.28. The second-order valence-electron chi connectivity index (χ2n) is 3.88. The van der Waals surface area contributed by atoms with E-state index in [1.807, 2.05) is 24.3 Å². The van der Waals surface area contributed by atoms with E-state index >= 15 is 0 Å². The number of hydrogen-bond acceptors (Lipinski definition) is 1. The predicted octanol–water partition coefficient (Wildman–Crippen LogP) is 3.15. The molecule has 80 valence electrons. The van der Waals surface area contributed by atoms with Gasteiger partial charge < -0.3 is 4.90 Å². The predicted molar refractivity (Wildman–Crippen MR) is 63.7 cm³/mol. The van der Waals surface area contributed by atoms with Crippen LogP contribution in [-0.4, -0.2) is 23.8 Å². The molecule has 0 aliphatic carbocycles. The van der Waals surface area contributed by atoms with E-state index in [2.05, 4.69) is 4.90 Å². The Balaban J connectivity index is 2.16. The Labute approximate surface area is 95.4 Å². The molecule has 15 heavy (non-hydrogen) atoms. The third-order valence-corrected chi connectivity index (χ3v) is 3.13. The van der Waals surface area contributed by atoms with E-state index in [9.17, 15) is 0 Å². The van der Waals surface area contributed by atoms with Gasteiger partial charge in [-0.15, -0.1) is 0 Å². The maximum Gasteiger partial charge on any atom is 0.129 e. The molecular formula is C12H15ClN2. The second kappa shape index (κ2) is 4.67. The number of piperidine rings is 1. The van der Waals surface area contributed by atoms with Crippen LogP contribution in [0.1, 0.15) is 24.8 Å². The summed E-state index contributed by atoms with van der Waals surface area (Å²) < 4.78 is 0. The summed E-state index contributed by atoms with van der Waals surface area (Å²) in [5, 5.41) is 8.78. The van der Waals surface area contributed by atoms with Gasteiger partial charge in [0.05, 0.1) is 5.02 Å². The maximum absolute atomic E-state index is 8.11. The Morgan fingerprint density at radius 2 is 1.80 bits per heavy atom. The third kappa shape index (κ3) is 2.32. The van der Waals surface area contributed by atoms with Crippen LogP contribution >= 0.6 is 11.6 Å². The van der Waals surface area contributed by atoms with Crippen LogP contribution in [0, 0.1) is 5.41 Å². The van der Waals surface area contributed by atoms with Gasteiger partial charge in [-0.25, -0.2) is 0 Å². The van der Waals surface area contributed by atoms with E-state index < -0.39 is 0 Å². The summed E-state index contributed by atoms with van der Waals surface area (Å²) >= 11 is 6.07. The Morgan fingerprint density at radius 1 is 1.13 bits per heavy atom. The topological polar surface area (TPSA) is 27.1 Å². The molecule has 2 rings (SSSR count). The first kappa shape index (κ1) is 10.5. The van der Waals surface area contributed by atoms with Crippen LogP contribution in [0.4, 0.5) is 0 Å². The van der Waals surface area contributed by atoms with Gasteiger partial charge in [0.1, 0.15) is 5.84 Å². The van der Waals surface area contributed by atoms with Crippen LogP contribution in [0.5, 0.6) is 0 Å². The molecule has 0 spiro atoms. The van der Waals surface area contributed by atoms with E-state index in [4.69, 9.17) is 17.0 Å². The van der Waals surface area contributed by atoms with Gasteiger partial charge in [-0.2, -0.15) is 0 Å². The average molecular weight is 223 g/mol. The van der Waals surface area contributed by atoms with E-state index in [0.717, 1.165) is 18.7 Å². The molecule has 0 aromatic heterocycles. The van der Waals surface area contributed by atoms with Crippen molar-refractivity contribution in [2.24, 2.45) is 0 Å². The van der Waals surface area contributed by atoms with Crippen LogP contribution in [0.15, 0.2) is 24.3 Å². The summed E-state index contributed by atoms with van der Waals surface area (Å²) in [6, 6.07) is 7.59. The van der Waals surface area contributed by atoms with Crippen molar-refractivity contribution >= 4 is 17.4 Å². The smallest absolute Gasteiger partial charge is 0.129 e. The third-order valence-electron chi connectivity index (χ3n) is 2.80. The highest BCUT2D eigenvalue weighted by atomic mass is 35.5. The highest BCUT2D eigenvalue weighted by molar-refractivity contribution is 6.33. The van der Waals surface area contributed by atoms with Gasteiger partial charge >= 0.3 is 0 Å². The summed E-state index contributed by atoms with van der Waals surface area (Å²) in [6.45, 7) is 1.98. The van der Waals surface area contributed by atoms with E-state index in [1.165, 1.54) is 19.3 Å². The number of halogens is 1. The highest BCUT2D eigenvalue weighted by Gasteiger charge is 2.16. The molecule has 1 aromatic rings. The molecule has 1 N–H and O–H groups in total. The molecule has 0 radical (unpaired) electrons. The highest BCUT2D eigenvalue weighted by Crippen LogP contribution is 2.19. The Kier molecular flexibility index (Phi) is 3.27. The monoisotopic (exact) mass is 222 g/mol. The van der Waals surface area contributed by atoms with Gasteiger partial charge in [-0.3, -0.25) is 5.41 Å². The minimum atomic E-state index is 0.570. The summed E-state index contributed by atoms with van der Waals surface area (Å²) in [5.74, 6) is 0.570. The van der Waals surface area contributed by atoms with Crippen molar-refractivity contribution in [1.29, 1.82) is 5.41 Å². The van der Waals surface area contributed by atoms with Crippen molar-refractivity contribution in [1.82, 2.24) is 4.90 Å². The van der Waals surface area contributed by atoms with Gasteiger partial charge in [0, 0.05) is 18.7 Å². The zero-order valence-corrected chi connectivity index (χ0v) is 9.43. The largest absolute Gasteiger partial charge is 0.357 e. The van der Waals surface area contributed by atoms with Crippen molar-refractivity contribution in [3.05, 3.63) is 34.9 Å². The van der Waals surface area contributed by atoms with E-state index in [1.54, 1.807) is 0 Å². The molecule has 0 amide bonds. The summed E-state index contributed by atoms with van der Waals surface area (Å²) in [5.41, 5.74) is 0.848. The molecule has 1 aliphatic rings. The number of rotatable bonds is 1. The summed E-state index contributed by atoms with van der Waals surface area (Å²) in [4.78, 5) is 2.12. The van der Waals surface area contributed by atoms with Crippen molar-refractivity contribution in [3.63, 3.8) is 0 Å². The molecule has 1 fully saturated rings. The quantitative estimate of drug-likeness (QED) is 0.574. The Hall–Kier alpha value is -1.02. The van der Waals surface area contributed by atoms with Crippen LogP contribution in [0.25, 0.3) is 0 Å². The number of amidine groups is 1. The molecule has 0 unspecified atom stereocenters. The van der Waals surface area contributed by atoms with Crippen LogP contribution in [0.2, 0.25) is 5.02 Å². The lowest BCUT2D eigenvalue weighted by Gasteiger charge is -2.29. The van der Waals surface area contributed by atoms with Crippen molar-refractivity contribution in [2.75, 3.05) is 13.1 Å². The van der Waals surface area contributed by atoms with E-state index in [0.29, 0.717) is 10.9 Å². The number of likely N-dealkylation sites (tertiary alicyclic amines) is 1. The van der Waals surface area contributed by atoms with Gasteiger partial charge in [-0.1, -0.05) is 23.7 Å². The molecule has 0 bridgehead atoms. The average Bonchev–Trinajstić information content (AvgIpc) is 2.30. The Morgan fingerprint density at radius 3 is 2.47 bits per heavy atom. The van der Waals surface area contributed by atoms with Crippen molar-refractivity contribution < 1.29 is 0 Å². The zero-order chi connectivity index (χ0) is 10.7. The number of nitrogens with one attached hydrogen (secondary N) is 1. The summed E-state index contributed by atoms with van der Waals surface area (Å²) in [7, 11) is 0. The standard InChI is InChI=1S/C12H15ClN2/c13-11-7-3-2-6-10(11)12(14)15-8-4-1-5-9-15/h2-3,6-7,14H,1,4-5,8-9H2. The fraction of sp³-hybridized carbons (Fsp3) is 0.417. The molecule has 3 heteroatoms. The number of benzene rings is 1. The minimum Gasteiger partial charge on any atom is -0.357 e. The van der Waals surface area contributed by atoms with Crippen molar-refractivity contribution in [2.45, 2.75) is 19.3 Å². The molecule has 2 nitrogen and oxygen atoms in total. The molecule has 1 aliphatic heterocycles. The molecule has 1 heterocycles. The lowest BCUT2D eigenvalue weighted by Crippen LogP contribution is -2.35. The van der Waals surface area contributed by atoms with Gasteiger partial charge in [0.2, 0.25) is 0 Å². The Bertz CT molecular complexity index is 356. The van der Waals surface area contributed by atoms with Gasteiger partial charge in [0.25, 0.3) is 0 Å². The number of nitrogens with zero attached hydrogens (tertiary/aromatic N) is 1. The lowest BCUT2D eigenvalue weighted by molar-refractivity contribution is 0.341. The summed E-state index contributed by atoms with van der Waals surface area (Å²) in [6.07, 6.45) is 3.66. The zero-order valence-electron chi connectivity index (χ0n) is 8.67. The molecule has 1 saturated heterocycles. The minimum absolute atomic E-state index is 0.570. The molecule has 0 atom stereocenters. The van der Waals surface area contributed by atoms with Gasteiger partial charge in [0.15, 0.2) is 0 Å². The van der Waals surface area contributed by atoms with Crippen molar-refractivity contribution in [3.8, 4) is 0 Å². The molecule has 0 saturated carbocycles. The normalized spacial score (nSPS) is 16.5. The van der Waals surface area contributed by atoms with Gasteiger partial charge in [-0.05, 0) is 31.4 Å². The molecular weight excluding hydrogens is 208 g/mol. The van der Waals surface area contributed by atoms with Crippen LogP contribution < -0.4 is 0 Å². The fourth-order valence-corrected chi connectivity index (χ4v) is 2.17. The first-order chi connectivity index (χ1) is 7.29. The maximum atomic E-state index is 8.11. The lowest BCUT2D eigenvalue weighted by atomic mass is 10.1. The first-order valence-corrected chi connectivity index (χ1v) is 5.75. The van der Waals surface area contributed by atoms with E-state index in [-0.39, 0.29) is 0 Å².